The monoisotopic (exact) mass is 480 g/mol. The number of carbonyl (C=O) groups is 2. The predicted octanol–water partition coefficient (Wildman–Crippen LogP) is 4.85. The van der Waals surface area contributed by atoms with Crippen LogP contribution in [0.15, 0.2) is 56.8 Å². The molecule has 2 N–H and O–H groups in total. The lowest BCUT2D eigenvalue weighted by atomic mass is 10.2. The van der Waals surface area contributed by atoms with Gasteiger partial charge in [0.2, 0.25) is 0 Å². The molecule has 2 aromatic carbocycles. The van der Waals surface area contributed by atoms with Gasteiger partial charge >= 0.3 is 5.97 Å². The third-order valence-electron chi connectivity index (χ3n) is 3.62. The van der Waals surface area contributed by atoms with Gasteiger partial charge in [-0.15, -0.1) is 0 Å². The van der Waals surface area contributed by atoms with Crippen molar-refractivity contribution in [2.45, 2.75) is 13.0 Å². The molecule has 1 amide bonds. The van der Waals surface area contributed by atoms with Crippen LogP contribution in [-0.4, -0.2) is 28.3 Å². The molecule has 0 unspecified atom stereocenters. The van der Waals surface area contributed by atoms with Crippen LogP contribution >= 0.6 is 39.3 Å². The highest BCUT2D eigenvalue weighted by Gasteiger charge is 2.24. The molecule has 0 aromatic heterocycles. The Bertz CT molecular complexity index is 992. The van der Waals surface area contributed by atoms with Gasteiger partial charge in [0.1, 0.15) is 5.75 Å². The van der Waals surface area contributed by atoms with Crippen molar-refractivity contribution in [3.63, 3.8) is 0 Å². The Hall–Kier alpha value is -2.29. The lowest BCUT2D eigenvalue weighted by Gasteiger charge is -2.10. The Morgan fingerprint density at radius 1 is 1.32 bits per heavy atom. The van der Waals surface area contributed by atoms with E-state index in [1.54, 1.807) is 42.5 Å². The minimum absolute atomic E-state index is 0.253. The molecular weight excluding hydrogens is 468 g/mol. The number of amides is 1. The van der Waals surface area contributed by atoms with Gasteiger partial charge in [0.05, 0.1) is 15.6 Å². The second-order valence-corrected chi connectivity index (χ2v) is 8.10. The zero-order valence-corrected chi connectivity index (χ0v) is 17.6. The van der Waals surface area contributed by atoms with Crippen LogP contribution in [-0.2, 0) is 9.59 Å². The minimum Gasteiger partial charge on any atom is -0.479 e. The normalized spacial score (nSPS) is 17.6. The van der Waals surface area contributed by atoms with E-state index in [0.29, 0.717) is 26.5 Å². The van der Waals surface area contributed by atoms with E-state index in [1.165, 1.54) is 18.7 Å². The lowest BCUT2D eigenvalue weighted by Crippen LogP contribution is -2.22. The van der Waals surface area contributed by atoms with Crippen molar-refractivity contribution in [1.29, 1.82) is 0 Å². The lowest BCUT2D eigenvalue weighted by molar-refractivity contribution is -0.144. The number of aliphatic carboxylic acids is 1. The summed E-state index contributed by atoms with van der Waals surface area (Å²) in [6.07, 6.45) is 0.778. The maximum atomic E-state index is 12.2. The SMILES string of the molecule is C[C@H](Oc1ccc(/C=C2/SC(=Nc3ccc(Br)cc3Cl)NC2=O)cc1)C(=O)O. The number of carbonyl (C=O) groups excluding carboxylic acids is 1. The summed E-state index contributed by atoms with van der Waals surface area (Å²) < 4.78 is 6.13. The van der Waals surface area contributed by atoms with Gasteiger partial charge in [0.25, 0.3) is 5.91 Å². The third-order valence-corrected chi connectivity index (χ3v) is 5.33. The molecule has 1 aliphatic heterocycles. The molecule has 0 aliphatic carbocycles. The molecule has 0 radical (unpaired) electrons. The highest BCUT2D eigenvalue weighted by atomic mass is 79.9. The van der Waals surface area contributed by atoms with Gasteiger partial charge in [0, 0.05) is 4.47 Å². The number of nitrogens with zero attached hydrogens (tertiary/aromatic N) is 1. The van der Waals surface area contributed by atoms with Crippen LogP contribution in [0.2, 0.25) is 5.02 Å². The number of halogens is 2. The third kappa shape index (κ3) is 5.15. The Kier molecular flexibility index (Phi) is 6.43. The molecule has 1 saturated heterocycles. The van der Waals surface area contributed by atoms with Crippen LogP contribution in [0.5, 0.6) is 5.75 Å². The van der Waals surface area contributed by atoms with Gasteiger partial charge in [-0.2, -0.15) is 0 Å². The summed E-state index contributed by atoms with van der Waals surface area (Å²) in [4.78, 5) is 27.9. The van der Waals surface area contributed by atoms with Crippen LogP contribution < -0.4 is 10.1 Å². The molecule has 0 spiro atoms. The molecule has 1 heterocycles. The van der Waals surface area contributed by atoms with Gasteiger partial charge in [-0.25, -0.2) is 9.79 Å². The molecule has 6 nitrogen and oxygen atoms in total. The Morgan fingerprint density at radius 3 is 2.68 bits per heavy atom. The fourth-order valence-corrected chi connectivity index (χ4v) is 3.76. The summed E-state index contributed by atoms with van der Waals surface area (Å²) in [7, 11) is 0. The largest absolute Gasteiger partial charge is 0.479 e. The first kappa shape index (κ1) is 20.4. The maximum Gasteiger partial charge on any atom is 0.344 e. The Labute approximate surface area is 178 Å². The van der Waals surface area contributed by atoms with Gasteiger partial charge in [0.15, 0.2) is 11.3 Å². The highest BCUT2D eigenvalue weighted by molar-refractivity contribution is 9.10. The van der Waals surface area contributed by atoms with Crippen LogP contribution in [0.3, 0.4) is 0 Å². The molecule has 9 heteroatoms. The number of ether oxygens (including phenoxy) is 1. The maximum absolute atomic E-state index is 12.2. The number of hydrogen-bond acceptors (Lipinski definition) is 5. The summed E-state index contributed by atoms with van der Waals surface area (Å²) in [5.41, 5.74) is 1.33. The first-order valence-electron chi connectivity index (χ1n) is 8.06. The minimum atomic E-state index is -1.04. The number of aliphatic imine (C=N–C) groups is 1. The van der Waals surface area contributed by atoms with Crippen LogP contribution in [0.1, 0.15) is 12.5 Å². The van der Waals surface area contributed by atoms with Crippen LogP contribution in [0, 0.1) is 0 Å². The molecule has 28 heavy (non-hydrogen) atoms. The Balaban J connectivity index is 1.73. The summed E-state index contributed by atoms with van der Waals surface area (Å²) in [6, 6.07) is 12.1. The summed E-state index contributed by atoms with van der Waals surface area (Å²) >= 11 is 10.7. The van der Waals surface area contributed by atoms with Crippen molar-refractivity contribution in [3.05, 3.63) is 62.4 Å². The number of amidine groups is 1. The van der Waals surface area contributed by atoms with E-state index >= 15 is 0 Å². The summed E-state index contributed by atoms with van der Waals surface area (Å²) in [5.74, 6) is -0.854. The summed E-state index contributed by atoms with van der Waals surface area (Å²) in [6.45, 7) is 1.45. The highest BCUT2D eigenvalue weighted by Crippen LogP contribution is 2.32. The number of thioether (sulfide) groups is 1. The molecule has 1 fully saturated rings. The smallest absolute Gasteiger partial charge is 0.344 e. The van der Waals surface area contributed by atoms with Crippen molar-refractivity contribution in [3.8, 4) is 5.75 Å². The first-order valence-corrected chi connectivity index (χ1v) is 10.0. The fourth-order valence-electron chi connectivity index (χ4n) is 2.21. The number of rotatable bonds is 5. The zero-order chi connectivity index (χ0) is 20.3. The van der Waals surface area contributed by atoms with E-state index in [9.17, 15) is 9.59 Å². The van der Waals surface area contributed by atoms with Crippen molar-refractivity contribution in [2.24, 2.45) is 4.99 Å². The Morgan fingerprint density at radius 2 is 2.04 bits per heavy atom. The molecule has 144 valence electrons. The number of hydrogen-bond donors (Lipinski definition) is 2. The van der Waals surface area contributed by atoms with Gasteiger partial charge in [-0.3, -0.25) is 4.79 Å². The first-order chi connectivity index (χ1) is 13.3. The van der Waals surface area contributed by atoms with Crippen LogP contribution in [0.25, 0.3) is 6.08 Å². The average molecular weight is 482 g/mol. The van der Waals surface area contributed by atoms with E-state index in [0.717, 1.165) is 10.0 Å². The number of benzene rings is 2. The molecule has 2 aromatic rings. The van der Waals surface area contributed by atoms with Crippen molar-refractivity contribution < 1.29 is 19.4 Å². The standard InChI is InChI=1S/C19H14BrClN2O4S/c1-10(18(25)26)27-13-5-2-11(3-6-13)8-16-17(24)23-19(28-16)22-15-7-4-12(20)9-14(15)21/h2-10H,1H3,(H,25,26)(H,22,23,24)/b16-8+/t10-/m0/s1. The second kappa shape index (κ2) is 8.81. The quantitative estimate of drug-likeness (QED) is 0.596. The summed E-state index contributed by atoms with van der Waals surface area (Å²) in [5, 5.41) is 12.5. The van der Waals surface area contributed by atoms with Crippen LogP contribution in [0.4, 0.5) is 5.69 Å². The zero-order valence-electron chi connectivity index (χ0n) is 14.5. The molecule has 0 saturated carbocycles. The van der Waals surface area contributed by atoms with Crippen molar-refractivity contribution in [1.82, 2.24) is 5.32 Å². The number of carboxylic acid groups (broad SMARTS) is 1. The molecular formula is C19H14BrClN2O4S. The van der Waals surface area contributed by atoms with Gasteiger partial charge in [-0.05, 0) is 60.7 Å². The average Bonchev–Trinajstić information content (AvgIpc) is 2.98. The molecule has 0 bridgehead atoms. The molecule has 1 aliphatic rings. The van der Waals surface area contributed by atoms with E-state index in [-0.39, 0.29) is 5.91 Å². The van der Waals surface area contributed by atoms with Gasteiger partial charge in [-0.1, -0.05) is 39.7 Å². The van der Waals surface area contributed by atoms with Gasteiger partial charge < -0.3 is 15.2 Å². The predicted molar refractivity (Wildman–Crippen MR) is 114 cm³/mol. The molecule has 3 rings (SSSR count). The van der Waals surface area contributed by atoms with Crippen molar-refractivity contribution >= 4 is 68.1 Å². The fraction of sp³-hybridized carbons (Fsp3) is 0.105. The topological polar surface area (TPSA) is 88.0 Å². The van der Waals surface area contributed by atoms with E-state index in [4.69, 9.17) is 21.4 Å². The number of carboxylic acids is 1. The number of nitrogens with one attached hydrogen (secondary N) is 1. The molecule has 1 atom stereocenters. The van der Waals surface area contributed by atoms with E-state index < -0.39 is 12.1 Å². The van der Waals surface area contributed by atoms with E-state index in [2.05, 4.69) is 26.2 Å². The van der Waals surface area contributed by atoms with E-state index in [1.807, 2.05) is 6.07 Å². The van der Waals surface area contributed by atoms with Crippen molar-refractivity contribution in [2.75, 3.05) is 0 Å². The second-order valence-electron chi connectivity index (χ2n) is 5.74.